The monoisotopic (exact) mass is 317 g/mol. The maximum absolute atomic E-state index is 12.8. The van der Waals surface area contributed by atoms with Gasteiger partial charge in [-0.25, -0.2) is 4.79 Å². The molecular weight excluding hydrogens is 290 g/mol. The van der Waals surface area contributed by atoms with Crippen molar-refractivity contribution in [2.75, 3.05) is 27.2 Å². The summed E-state index contributed by atoms with van der Waals surface area (Å²) < 4.78 is 0. The number of hydrogen-bond donors (Lipinski definition) is 1. The van der Waals surface area contributed by atoms with Crippen molar-refractivity contribution in [2.24, 2.45) is 0 Å². The third kappa shape index (κ3) is 3.39. The highest BCUT2D eigenvalue weighted by Crippen LogP contribution is 2.30. The summed E-state index contributed by atoms with van der Waals surface area (Å²) in [4.78, 5) is 28.2. The molecule has 3 amide bonds. The van der Waals surface area contributed by atoms with Crippen LogP contribution in [0.4, 0.5) is 4.79 Å². The van der Waals surface area contributed by atoms with Crippen LogP contribution in [0.5, 0.6) is 0 Å². The quantitative estimate of drug-likeness (QED) is 0.867. The van der Waals surface area contributed by atoms with E-state index in [1.54, 1.807) is 6.92 Å². The third-order valence-corrected chi connectivity index (χ3v) is 4.37. The lowest BCUT2D eigenvalue weighted by molar-refractivity contribution is -0.131. The van der Waals surface area contributed by atoms with E-state index in [2.05, 4.69) is 26.1 Å². The lowest BCUT2D eigenvalue weighted by atomic mass is 9.84. The van der Waals surface area contributed by atoms with E-state index in [1.807, 2.05) is 43.3 Å². The number of imide groups is 1. The standard InChI is InChI=1S/C18H27N3O2/c1-17(2,3)13-7-9-14(10-8-13)18(4)15(22)21(16(23)19-18)12-11-20(5)6/h7-10H,11-12H2,1-6H3,(H,19,23). The fourth-order valence-corrected chi connectivity index (χ4v) is 2.70. The first-order valence-electron chi connectivity index (χ1n) is 7.95. The average Bonchev–Trinajstić information content (AvgIpc) is 2.67. The zero-order chi connectivity index (χ0) is 17.4. The molecule has 1 saturated heterocycles. The second-order valence-corrected chi connectivity index (χ2v) is 7.64. The smallest absolute Gasteiger partial charge is 0.319 e. The zero-order valence-corrected chi connectivity index (χ0v) is 14.9. The molecule has 0 bridgehead atoms. The summed E-state index contributed by atoms with van der Waals surface area (Å²) in [6.45, 7) is 9.26. The van der Waals surface area contributed by atoms with Gasteiger partial charge in [0.05, 0.1) is 0 Å². The molecule has 1 aliphatic heterocycles. The number of likely N-dealkylation sites (N-methyl/N-ethyl adjacent to an activating group) is 1. The molecule has 126 valence electrons. The van der Waals surface area contributed by atoms with E-state index in [0.717, 1.165) is 5.56 Å². The van der Waals surface area contributed by atoms with E-state index in [4.69, 9.17) is 0 Å². The van der Waals surface area contributed by atoms with Crippen molar-refractivity contribution in [2.45, 2.75) is 38.6 Å². The van der Waals surface area contributed by atoms with Gasteiger partial charge in [0.2, 0.25) is 0 Å². The van der Waals surface area contributed by atoms with Gasteiger partial charge in [-0.05, 0) is 37.6 Å². The highest BCUT2D eigenvalue weighted by atomic mass is 16.2. The summed E-state index contributed by atoms with van der Waals surface area (Å²) in [5.41, 5.74) is 1.09. The van der Waals surface area contributed by atoms with Crippen LogP contribution >= 0.6 is 0 Å². The molecule has 0 saturated carbocycles. The van der Waals surface area contributed by atoms with Gasteiger partial charge in [0.25, 0.3) is 5.91 Å². The van der Waals surface area contributed by atoms with Crippen LogP contribution < -0.4 is 5.32 Å². The lowest BCUT2D eigenvalue weighted by Gasteiger charge is -2.25. The number of benzene rings is 1. The van der Waals surface area contributed by atoms with E-state index >= 15 is 0 Å². The van der Waals surface area contributed by atoms with Crippen LogP contribution in [0.1, 0.15) is 38.8 Å². The summed E-state index contributed by atoms with van der Waals surface area (Å²) in [7, 11) is 3.84. The normalized spacial score (nSPS) is 22.0. The Morgan fingerprint density at radius 3 is 2.17 bits per heavy atom. The Labute approximate surface area is 138 Å². The molecule has 1 N–H and O–H groups in total. The molecule has 1 heterocycles. The minimum atomic E-state index is -0.986. The van der Waals surface area contributed by atoms with E-state index in [9.17, 15) is 9.59 Å². The molecule has 1 aliphatic rings. The number of rotatable bonds is 4. The second kappa shape index (κ2) is 5.96. The van der Waals surface area contributed by atoms with Gasteiger partial charge in [-0.2, -0.15) is 0 Å². The van der Waals surface area contributed by atoms with Gasteiger partial charge in [-0.3, -0.25) is 9.69 Å². The molecule has 1 unspecified atom stereocenters. The lowest BCUT2D eigenvalue weighted by Crippen LogP contribution is -2.41. The van der Waals surface area contributed by atoms with E-state index in [0.29, 0.717) is 13.1 Å². The predicted octanol–water partition coefficient (Wildman–Crippen LogP) is 2.31. The van der Waals surface area contributed by atoms with Gasteiger partial charge in [0.15, 0.2) is 0 Å². The van der Waals surface area contributed by atoms with E-state index in [1.165, 1.54) is 10.5 Å². The minimum Gasteiger partial charge on any atom is -0.319 e. The molecule has 1 fully saturated rings. The molecule has 23 heavy (non-hydrogen) atoms. The molecule has 1 atom stereocenters. The maximum atomic E-state index is 12.8. The van der Waals surface area contributed by atoms with Crippen molar-refractivity contribution in [1.82, 2.24) is 15.1 Å². The Kier molecular flexibility index (Phi) is 4.53. The van der Waals surface area contributed by atoms with Crippen LogP contribution in [0.3, 0.4) is 0 Å². The number of urea groups is 1. The Hall–Kier alpha value is -1.88. The number of hydrogen-bond acceptors (Lipinski definition) is 3. The average molecular weight is 317 g/mol. The Morgan fingerprint density at radius 2 is 1.70 bits per heavy atom. The molecule has 1 aromatic rings. The Balaban J connectivity index is 2.25. The zero-order valence-electron chi connectivity index (χ0n) is 14.9. The van der Waals surface area contributed by atoms with Gasteiger partial charge < -0.3 is 10.2 Å². The molecule has 0 radical (unpaired) electrons. The van der Waals surface area contributed by atoms with Crippen LogP contribution in [0.15, 0.2) is 24.3 Å². The fraction of sp³-hybridized carbons (Fsp3) is 0.556. The van der Waals surface area contributed by atoms with Crippen LogP contribution in [0.25, 0.3) is 0 Å². The van der Waals surface area contributed by atoms with Crippen LogP contribution in [0.2, 0.25) is 0 Å². The summed E-state index contributed by atoms with van der Waals surface area (Å²) in [6.07, 6.45) is 0. The van der Waals surface area contributed by atoms with Crippen molar-refractivity contribution < 1.29 is 9.59 Å². The number of amides is 3. The number of nitrogens with zero attached hydrogens (tertiary/aromatic N) is 2. The molecular formula is C18H27N3O2. The molecule has 1 aromatic carbocycles. The van der Waals surface area contributed by atoms with E-state index in [-0.39, 0.29) is 17.4 Å². The minimum absolute atomic E-state index is 0.0557. The van der Waals surface area contributed by atoms with E-state index < -0.39 is 5.54 Å². The first kappa shape index (κ1) is 17.5. The first-order valence-corrected chi connectivity index (χ1v) is 7.95. The van der Waals surface area contributed by atoms with Gasteiger partial charge in [0, 0.05) is 13.1 Å². The summed E-state index contributed by atoms with van der Waals surface area (Å²) in [6, 6.07) is 7.62. The summed E-state index contributed by atoms with van der Waals surface area (Å²) in [5, 5.41) is 2.85. The second-order valence-electron chi connectivity index (χ2n) is 7.64. The highest BCUT2D eigenvalue weighted by Gasteiger charge is 2.48. The predicted molar refractivity (Wildman–Crippen MR) is 91.3 cm³/mol. The highest BCUT2D eigenvalue weighted by molar-refractivity contribution is 6.07. The number of carbonyl (C=O) groups is 2. The van der Waals surface area contributed by atoms with Crippen LogP contribution in [-0.2, 0) is 15.7 Å². The molecule has 5 heteroatoms. The molecule has 0 spiro atoms. The van der Waals surface area contributed by atoms with Crippen LogP contribution in [-0.4, -0.2) is 48.9 Å². The Bertz CT molecular complexity index is 602. The third-order valence-electron chi connectivity index (χ3n) is 4.37. The van der Waals surface area contributed by atoms with Gasteiger partial charge in [-0.1, -0.05) is 45.0 Å². The molecule has 2 rings (SSSR count). The van der Waals surface area contributed by atoms with Crippen molar-refractivity contribution in [3.63, 3.8) is 0 Å². The topological polar surface area (TPSA) is 52.6 Å². The summed E-state index contributed by atoms with van der Waals surface area (Å²) >= 11 is 0. The number of nitrogens with one attached hydrogen (secondary N) is 1. The molecule has 5 nitrogen and oxygen atoms in total. The Morgan fingerprint density at radius 1 is 1.13 bits per heavy atom. The number of carbonyl (C=O) groups excluding carboxylic acids is 2. The SMILES string of the molecule is CN(C)CCN1C(=O)NC(C)(c2ccc(C(C)(C)C)cc2)C1=O. The molecule has 0 aromatic heterocycles. The van der Waals surface area contributed by atoms with Gasteiger partial charge in [0.1, 0.15) is 5.54 Å². The summed E-state index contributed by atoms with van der Waals surface area (Å²) in [5.74, 6) is -0.187. The largest absolute Gasteiger partial charge is 0.325 e. The van der Waals surface area contributed by atoms with Crippen molar-refractivity contribution in [1.29, 1.82) is 0 Å². The van der Waals surface area contributed by atoms with Crippen LogP contribution in [0, 0.1) is 0 Å². The van der Waals surface area contributed by atoms with Gasteiger partial charge in [-0.15, -0.1) is 0 Å². The fourth-order valence-electron chi connectivity index (χ4n) is 2.70. The van der Waals surface area contributed by atoms with Crippen molar-refractivity contribution in [3.05, 3.63) is 35.4 Å². The van der Waals surface area contributed by atoms with Crippen molar-refractivity contribution in [3.8, 4) is 0 Å². The van der Waals surface area contributed by atoms with Crippen molar-refractivity contribution >= 4 is 11.9 Å². The maximum Gasteiger partial charge on any atom is 0.325 e. The molecule has 0 aliphatic carbocycles. The first-order chi connectivity index (χ1) is 10.6. The van der Waals surface area contributed by atoms with Gasteiger partial charge >= 0.3 is 6.03 Å².